The molecule has 5 N–H and O–H groups in total. The quantitative estimate of drug-likeness (QED) is 0.0122. The molecule has 5 aliphatic heterocycles. The average molecular weight is 1680 g/mol. The summed E-state index contributed by atoms with van der Waals surface area (Å²) >= 11 is 5.69. The first-order valence-electron chi connectivity index (χ1n) is 38.0. The minimum atomic E-state index is -0.449. The van der Waals surface area contributed by atoms with E-state index < -0.39 is 4.92 Å². The van der Waals surface area contributed by atoms with Crippen molar-refractivity contribution in [2.75, 3.05) is 141 Å². The Morgan fingerprint density at radius 3 is 1.58 bits per heavy atom. The molecular formula is C88H89BrIN12O10+. The van der Waals surface area contributed by atoms with Crippen LogP contribution in [0.3, 0.4) is 0 Å². The minimum Gasteiger partial charge on any atom is -0.490 e. The van der Waals surface area contributed by atoms with Crippen molar-refractivity contribution in [2.24, 2.45) is 10.2 Å². The Labute approximate surface area is 672 Å². The third kappa shape index (κ3) is 18.3. The zero-order chi connectivity index (χ0) is 77.5. The molecule has 5 aliphatic rings. The second-order valence-electron chi connectivity index (χ2n) is 26.5. The Kier molecular flexibility index (Phi) is 25.0. The second kappa shape index (κ2) is 36.4. The first kappa shape index (κ1) is 77.0. The molecule has 12 aromatic carbocycles. The lowest BCUT2D eigenvalue weighted by molar-refractivity contribution is -0.384. The van der Waals surface area contributed by atoms with Crippen molar-refractivity contribution in [3.05, 3.63) is 230 Å². The van der Waals surface area contributed by atoms with Gasteiger partial charge in [-0.25, -0.2) is 9.56 Å². The highest BCUT2D eigenvalue weighted by Gasteiger charge is 2.21. The SMILES string of the molecule is Brc1ccc2c(c1)NCCO2.CCN(CC)c1ccc2c(Oc3cc4c(cc3N=Nc3ccc([N+](=O)[O-])cc3)OCCN4)cccc2c1.CCN(CC)c1ccc2c(Oc3ccc4c(c3)NCCO4)cccc2c1.CC[N+](CC)=c1ccc2c(ccc3nc4cc5c(cc4oc32)NCCO5)c1.Ic1ccc2c(c1)NCCO2. The van der Waals surface area contributed by atoms with Gasteiger partial charge in [0.2, 0.25) is 5.36 Å². The van der Waals surface area contributed by atoms with Gasteiger partial charge in [0, 0.05) is 149 Å². The van der Waals surface area contributed by atoms with Crippen molar-refractivity contribution in [3.8, 4) is 51.7 Å². The number of non-ortho nitro benzene ring substituents is 1. The number of benzene rings is 12. The molecule has 574 valence electrons. The summed E-state index contributed by atoms with van der Waals surface area (Å²) in [6, 6.07) is 67.3. The Bertz CT molecular complexity index is 5600. The summed E-state index contributed by atoms with van der Waals surface area (Å²) in [7, 11) is 0. The highest BCUT2D eigenvalue weighted by molar-refractivity contribution is 14.1. The van der Waals surface area contributed by atoms with Gasteiger partial charge in [0.25, 0.3) is 5.69 Å². The lowest BCUT2D eigenvalue weighted by Gasteiger charge is -2.22. The number of halogens is 2. The molecule has 0 saturated heterocycles. The maximum atomic E-state index is 10.9. The van der Waals surface area contributed by atoms with Crippen LogP contribution in [0.25, 0.3) is 54.5 Å². The van der Waals surface area contributed by atoms with Gasteiger partial charge in [0.05, 0.1) is 39.0 Å². The minimum absolute atomic E-state index is 0.00339. The molecule has 0 radical (unpaired) electrons. The Balaban J connectivity index is 0.000000124. The van der Waals surface area contributed by atoms with Gasteiger partial charge in [-0.15, -0.1) is 5.11 Å². The Hall–Kier alpha value is -11.8. The van der Waals surface area contributed by atoms with Crippen LogP contribution in [0.1, 0.15) is 41.5 Å². The fraction of sp³-hybridized carbons (Fsp3) is 0.250. The van der Waals surface area contributed by atoms with Gasteiger partial charge in [-0.05, 0) is 202 Å². The first-order chi connectivity index (χ1) is 54.8. The smallest absolute Gasteiger partial charge is 0.269 e. The van der Waals surface area contributed by atoms with Crippen molar-refractivity contribution in [1.82, 2.24) is 9.56 Å². The highest BCUT2D eigenvalue weighted by Crippen LogP contribution is 2.45. The summed E-state index contributed by atoms with van der Waals surface area (Å²) in [6.45, 7) is 26.4. The van der Waals surface area contributed by atoms with Crippen molar-refractivity contribution >= 4 is 150 Å². The van der Waals surface area contributed by atoms with Crippen LogP contribution >= 0.6 is 38.5 Å². The van der Waals surface area contributed by atoms with Gasteiger partial charge < -0.3 is 74.0 Å². The molecule has 0 atom stereocenters. The number of fused-ring (bicyclic) bond motifs is 11. The van der Waals surface area contributed by atoms with Gasteiger partial charge in [-0.3, -0.25) is 10.1 Å². The molecule has 0 fully saturated rings. The lowest BCUT2D eigenvalue weighted by Crippen LogP contribution is -2.29. The van der Waals surface area contributed by atoms with E-state index in [1.54, 1.807) is 18.2 Å². The van der Waals surface area contributed by atoms with E-state index in [0.717, 1.165) is 195 Å². The summed E-state index contributed by atoms with van der Waals surface area (Å²) in [5.41, 5.74) is 11.6. The van der Waals surface area contributed by atoms with Gasteiger partial charge in [0.1, 0.15) is 109 Å². The Morgan fingerprint density at radius 1 is 0.473 bits per heavy atom. The van der Waals surface area contributed by atoms with E-state index in [2.05, 4.69) is 210 Å². The molecule has 0 saturated carbocycles. The highest BCUT2D eigenvalue weighted by atomic mass is 127. The number of nitrogens with zero attached hydrogens (tertiary/aromatic N) is 7. The molecule has 1 aromatic heterocycles. The number of ether oxygens (including phenoxy) is 7. The summed E-state index contributed by atoms with van der Waals surface area (Å²) in [5.74, 6) is 7.18. The van der Waals surface area contributed by atoms with Crippen molar-refractivity contribution < 1.29 is 42.5 Å². The number of nitro groups is 1. The molecule has 22 nitrogen and oxygen atoms in total. The fourth-order valence-corrected chi connectivity index (χ4v) is 14.6. The number of nitrogens with one attached hydrogen (secondary N) is 5. The van der Waals surface area contributed by atoms with Gasteiger partial charge in [-0.2, -0.15) is 5.11 Å². The summed E-state index contributed by atoms with van der Waals surface area (Å²) in [5, 5.41) is 44.0. The van der Waals surface area contributed by atoms with Crippen LogP contribution in [0, 0.1) is 13.7 Å². The molecule has 0 spiro atoms. The number of hydrogen-bond donors (Lipinski definition) is 5. The Morgan fingerprint density at radius 2 is 0.991 bits per heavy atom. The van der Waals surface area contributed by atoms with Gasteiger partial charge in [-0.1, -0.05) is 46.3 Å². The molecule has 6 heterocycles. The van der Waals surface area contributed by atoms with Crippen LogP contribution in [0.5, 0.6) is 51.7 Å². The standard InChI is InChI=1S/C28H27N5O4.C22H21N3O2.C22H24N2O2.C8H8BrNO.C8H8INO/c1-3-32(4-2)22-12-13-23-19(16-22)6-5-7-26(23)37-28-17-24-27(36-15-14-29-24)18-25(28)31-30-20-8-10-21(11-9-20)33(34)35;1-3-25(4-2)15-6-7-16-14(11-15)5-8-17-22(16)27-21-12-18-20(13-19(21)24-17)26-10-9-23-18;1-3-24(4-2)17-8-10-19-16(14-17)6-5-7-21(19)26-18-9-11-22-20(15-18)23-12-13-25-22;2*9-6-1-2-8-7(5-6)10-3-4-11-8/h5-13,16-18,29H,3-4,14-15H2,1-2H3;5-8,11-13H,3-4,9-10H2,1-2H3;5-11,14-15,23H,3-4,12-13H2,1-2H3;2*1-2,5,10H,3-4H2/p+1. The van der Waals surface area contributed by atoms with E-state index in [4.69, 9.17) is 42.6 Å². The van der Waals surface area contributed by atoms with E-state index in [9.17, 15) is 10.1 Å². The van der Waals surface area contributed by atoms with Crippen LogP contribution < -0.4 is 79.5 Å². The molecule has 112 heavy (non-hydrogen) atoms. The third-order valence-corrected chi connectivity index (χ3v) is 20.7. The summed E-state index contributed by atoms with van der Waals surface area (Å²) in [6.07, 6.45) is 0. The van der Waals surface area contributed by atoms with Crippen LogP contribution in [0.2, 0.25) is 0 Å². The predicted molar refractivity (Wildman–Crippen MR) is 464 cm³/mol. The zero-order valence-electron chi connectivity index (χ0n) is 63.4. The van der Waals surface area contributed by atoms with Crippen LogP contribution in [-0.2, 0) is 0 Å². The predicted octanol–water partition coefficient (Wildman–Crippen LogP) is 21.0. The normalized spacial score (nSPS) is 13.2. The second-order valence-corrected chi connectivity index (χ2v) is 28.7. The maximum Gasteiger partial charge on any atom is 0.269 e. The van der Waals surface area contributed by atoms with Crippen molar-refractivity contribution in [2.45, 2.75) is 41.5 Å². The molecule has 24 heteroatoms. The van der Waals surface area contributed by atoms with E-state index in [1.165, 1.54) is 37.8 Å². The lowest BCUT2D eigenvalue weighted by atomic mass is 10.1. The number of hydrogen-bond acceptors (Lipinski definition) is 20. The number of azo groups is 1. The zero-order valence-corrected chi connectivity index (χ0v) is 67.2. The number of rotatable bonds is 15. The summed E-state index contributed by atoms with van der Waals surface area (Å²) in [4.78, 5) is 20.0. The molecule has 13 aromatic rings. The average Bonchev–Trinajstić information content (AvgIpc) is 0.757. The van der Waals surface area contributed by atoms with Crippen LogP contribution in [0.4, 0.5) is 56.9 Å². The van der Waals surface area contributed by atoms with Crippen LogP contribution in [0.15, 0.2) is 225 Å². The third-order valence-electron chi connectivity index (χ3n) is 19.5. The van der Waals surface area contributed by atoms with Gasteiger partial charge in [0.15, 0.2) is 16.9 Å². The van der Waals surface area contributed by atoms with E-state index in [-0.39, 0.29) is 5.69 Å². The fourth-order valence-electron chi connectivity index (χ4n) is 13.8. The number of aromatic nitrogens is 1. The molecule has 0 amide bonds. The maximum absolute atomic E-state index is 10.9. The molecule has 0 bridgehead atoms. The molecule has 0 unspecified atom stereocenters. The number of nitro benzene ring substituents is 1. The number of anilines is 7. The monoisotopic (exact) mass is 1680 g/mol. The van der Waals surface area contributed by atoms with E-state index in [1.807, 2.05) is 97.1 Å². The molecular weight excluding hydrogens is 1590 g/mol. The largest absolute Gasteiger partial charge is 0.490 e. The molecule has 18 rings (SSSR count). The van der Waals surface area contributed by atoms with Gasteiger partial charge >= 0.3 is 0 Å². The topological polar surface area (TPSA) is 228 Å². The van der Waals surface area contributed by atoms with E-state index >= 15 is 0 Å². The molecule has 0 aliphatic carbocycles. The summed E-state index contributed by atoms with van der Waals surface area (Å²) < 4.78 is 51.5. The van der Waals surface area contributed by atoms with Crippen molar-refractivity contribution in [1.29, 1.82) is 0 Å². The van der Waals surface area contributed by atoms with Crippen LogP contribution in [-0.4, -0.2) is 115 Å². The first-order valence-corrected chi connectivity index (χ1v) is 39.9. The van der Waals surface area contributed by atoms with E-state index in [0.29, 0.717) is 55.0 Å². The van der Waals surface area contributed by atoms with Crippen molar-refractivity contribution in [3.63, 3.8) is 0 Å².